The van der Waals surface area contributed by atoms with E-state index in [1.165, 1.54) is 32.4 Å². The topological polar surface area (TPSA) is 21.7 Å². The molecule has 2 heterocycles. The molecule has 0 radical (unpaired) electrons. The Hall–Kier alpha value is -0.120. The molecule has 0 amide bonds. The molecular weight excluding hydrogens is 190 g/mol. The number of hydrogen-bond acceptors (Lipinski definition) is 3. The van der Waals surface area contributed by atoms with E-state index in [1.54, 1.807) is 0 Å². The molecule has 3 nitrogen and oxygen atoms in total. The third kappa shape index (κ3) is 3.44. The van der Waals surface area contributed by atoms with Crippen molar-refractivity contribution in [2.24, 2.45) is 0 Å². The molecule has 0 aromatic rings. The van der Waals surface area contributed by atoms with Gasteiger partial charge in [0, 0.05) is 6.54 Å². The van der Waals surface area contributed by atoms with Gasteiger partial charge in [-0.25, -0.2) is 0 Å². The zero-order valence-electron chi connectivity index (χ0n) is 10.00. The zero-order valence-corrected chi connectivity index (χ0v) is 10.00. The summed E-state index contributed by atoms with van der Waals surface area (Å²) >= 11 is 0. The Morgan fingerprint density at radius 2 is 1.93 bits per heavy atom. The van der Waals surface area contributed by atoms with Gasteiger partial charge in [0.25, 0.3) is 0 Å². The van der Waals surface area contributed by atoms with Crippen LogP contribution in [-0.4, -0.2) is 43.0 Å². The molecule has 15 heavy (non-hydrogen) atoms. The normalized spacial score (nSPS) is 32.8. The van der Waals surface area contributed by atoms with Crippen LogP contribution >= 0.6 is 0 Å². The first-order valence-corrected chi connectivity index (χ1v) is 6.20. The lowest BCUT2D eigenvalue weighted by molar-refractivity contribution is -0.275. The maximum absolute atomic E-state index is 5.91. The van der Waals surface area contributed by atoms with Crippen molar-refractivity contribution in [2.45, 2.75) is 51.4 Å². The fraction of sp³-hybridized carbons (Fsp3) is 1.00. The summed E-state index contributed by atoms with van der Waals surface area (Å²) in [5.74, 6) is -0.376. The molecule has 0 N–H and O–H groups in total. The summed E-state index contributed by atoms with van der Waals surface area (Å²) in [6, 6.07) is 0. The lowest BCUT2D eigenvalue weighted by Crippen LogP contribution is -2.46. The standard InChI is InChI=1S/C12H23NO2/c1-12(2)14-9-6-11(15-12)10-13-7-4-3-5-8-13/h11H,3-10H2,1-2H3. The Balaban J connectivity index is 1.78. The van der Waals surface area contributed by atoms with Crippen molar-refractivity contribution >= 4 is 0 Å². The maximum Gasteiger partial charge on any atom is 0.163 e. The second-order valence-electron chi connectivity index (χ2n) is 5.14. The molecule has 2 fully saturated rings. The van der Waals surface area contributed by atoms with E-state index in [9.17, 15) is 0 Å². The third-order valence-electron chi connectivity index (χ3n) is 3.25. The molecule has 3 heteroatoms. The number of rotatable bonds is 2. The molecular formula is C12H23NO2. The largest absolute Gasteiger partial charge is 0.350 e. The maximum atomic E-state index is 5.91. The van der Waals surface area contributed by atoms with E-state index < -0.39 is 0 Å². The van der Waals surface area contributed by atoms with E-state index in [2.05, 4.69) is 4.90 Å². The fourth-order valence-electron chi connectivity index (χ4n) is 2.49. The average Bonchev–Trinajstić information content (AvgIpc) is 2.17. The monoisotopic (exact) mass is 213 g/mol. The summed E-state index contributed by atoms with van der Waals surface area (Å²) in [5, 5.41) is 0. The highest BCUT2D eigenvalue weighted by Crippen LogP contribution is 2.23. The predicted molar refractivity (Wildman–Crippen MR) is 59.8 cm³/mol. The summed E-state index contributed by atoms with van der Waals surface area (Å²) in [4.78, 5) is 2.54. The van der Waals surface area contributed by atoms with Crippen LogP contribution in [0.5, 0.6) is 0 Å². The lowest BCUT2D eigenvalue weighted by atomic mass is 10.1. The fourth-order valence-corrected chi connectivity index (χ4v) is 2.49. The van der Waals surface area contributed by atoms with Gasteiger partial charge in [-0.15, -0.1) is 0 Å². The van der Waals surface area contributed by atoms with Crippen molar-refractivity contribution in [2.75, 3.05) is 26.2 Å². The van der Waals surface area contributed by atoms with Crippen LogP contribution in [0, 0.1) is 0 Å². The van der Waals surface area contributed by atoms with Gasteiger partial charge in [-0.05, 0) is 46.2 Å². The highest BCUT2D eigenvalue weighted by atomic mass is 16.7. The molecule has 0 aromatic heterocycles. The number of hydrogen-bond donors (Lipinski definition) is 0. The Labute approximate surface area is 92.7 Å². The van der Waals surface area contributed by atoms with E-state index in [-0.39, 0.29) is 5.79 Å². The average molecular weight is 213 g/mol. The molecule has 88 valence electrons. The van der Waals surface area contributed by atoms with Gasteiger partial charge in [-0.1, -0.05) is 6.42 Å². The number of ether oxygens (including phenoxy) is 2. The molecule has 0 spiro atoms. The van der Waals surface area contributed by atoms with Crippen molar-refractivity contribution in [3.8, 4) is 0 Å². The van der Waals surface area contributed by atoms with Gasteiger partial charge in [-0.2, -0.15) is 0 Å². The summed E-state index contributed by atoms with van der Waals surface area (Å²) < 4.78 is 11.5. The van der Waals surface area contributed by atoms with Gasteiger partial charge in [0.1, 0.15) is 0 Å². The van der Waals surface area contributed by atoms with E-state index in [1.807, 2.05) is 13.8 Å². The number of nitrogens with zero attached hydrogens (tertiary/aromatic N) is 1. The molecule has 2 aliphatic rings. The summed E-state index contributed by atoms with van der Waals surface area (Å²) in [5.41, 5.74) is 0. The highest BCUT2D eigenvalue weighted by molar-refractivity contribution is 4.74. The predicted octanol–water partition coefficient (Wildman–Crippen LogP) is 2.01. The van der Waals surface area contributed by atoms with Crippen molar-refractivity contribution in [3.63, 3.8) is 0 Å². The summed E-state index contributed by atoms with van der Waals surface area (Å²) in [7, 11) is 0. The first-order chi connectivity index (χ1) is 7.16. The van der Waals surface area contributed by atoms with Crippen molar-refractivity contribution < 1.29 is 9.47 Å². The Morgan fingerprint density at radius 3 is 2.60 bits per heavy atom. The minimum atomic E-state index is -0.376. The molecule has 0 aromatic carbocycles. The van der Waals surface area contributed by atoms with E-state index in [0.29, 0.717) is 6.10 Å². The van der Waals surface area contributed by atoms with Gasteiger partial charge < -0.3 is 14.4 Å². The van der Waals surface area contributed by atoms with Crippen molar-refractivity contribution in [3.05, 3.63) is 0 Å². The first kappa shape index (κ1) is 11.4. The van der Waals surface area contributed by atoms with E-state index in [0.717, 1.165) is 19.6 Å². The minimum Gasteiger partial charge on any atom is -0.350 e. The minimum absolute atomic E-state index is 0.367. The van der Waals surface area contributed by atoms with Crippen LogP contribution in [0.2, 0.25) is 0 Å². The van der Waals surface area contributed by atoms with E-state index in [4.69, 9.17) is 9.47 Å². The van der Waals surface area contributed by atoms with Crippen LogP contribution in [0.25, 0.3) is 0 Å². The van der Waals surface area contributed by atoms with Gasteiger partial charge in [0.2, 0.25) is 0 Å². The third-order valence-corrected chi connectivity index (χ3v) is 3.25. The van der Waals surface area contributed by atoms with Crippen LogP contribution in [-0.2, 0) is 9.47 Å². The molecule has 0 bridgehead atoms. The van der Waals surface area contributed by atoms with Crippen molar-refractivity contribution in [1.29, 1.82) is 0 Å². The van der Waals surface area contributed by atoms with Gasteiger partial charge in [0.15, 0.2) is 5.79 Å². The summed E-state index contributed by atoms with van der Waals surface area (Å²) in [6.45, 7) is 8.45. The second-order valence-corrected chi connectivity index (χ2v) is 5.14. The summed E-state index contributed by atoms with van der Waals surface area (Å²) in [6.07, 6.45) is 5.52. The Bertz CT molecular complexity index is 200. The van der Waals surface area contributed by atoms with Gasteiger partial charge in [0.05, 0.1) is 12.7 Å². The first-order valence-electron chi connectivity index (χ1n) is 6.20. The van der Waals surface area contributed by atoms with Crippen LogP contribution in [0.4, 0.5) is 0 Å². The molecule has 2 aliphatic heterocycles. The molecule has 1 unspecified atom stereocenters. The van der Waals surface area contributed by atoms with Gasteiger partial charge in [-0.3, -0.25) is 0 Å². The molecule has 2 rings (SSSR count). The smallest absolute Gasteiger partial charge is 0.163 e. The number of likely N-dealkylation sites (tertiary alicyclic amines) is 1. The Kier molecular flexibility index (Phi) is 3.65. The molecule has 1 atom stereocenters. The molecule has 0 aliphatic carbocycles. The van der Waals surface area contributed by atoms with E-state index >= 15 is 0 Å². The second kappa shape index (κ2) is 4.81. The molecule has 2 saturated heterocycles. The van der Waals surface area contributed by atoms with Crippen LogP contribution < -0.4 is 0 Å². The quantitative estimate of drug-likeness (QED) is 0.700. The number of piperidine rings is 1. The zero-order chi connectivity index (χ0) is 10.7. The van der Waals surface area contributed by atoms with Crippen LogP contribution in [0.3, 0.4) is 0 Å². The Morgan fingerprint density at radius 1 is 1.20 bits per heavy atom. The van der Waals surface area contributed by atoms with Crippen LogP contribution in [0.15, 0.2) is 0 Å². The van der Waals surface area contributed by atoms with Crippen molar-refractivity contribution in [1.82, 2.24) is 4.90 Å². The highest BCUT2D eigenvalue weighted by Gasteiger charge is 2.30. The van der Waals surface area contributed by atoms with Crippen LogP contribution in [0.1, 0.15) is 39.5 Å². The molecule has 0 saturated carbocycles. The SMILES string of the molecule is CC1(C)OCCC(CN2CCCCC2)O1. The van der Waals surface area contributed by atoms with Gasteiger partial charge >= 0.3 is 0 Å². The lowest BCUT2D eigenvalue weighted by Gasteiger charge is -2.39.